The quantitative estimate of drug-likeness (QED) is 0.723. The van der Waals surface area contributed by atoms with Crippen LogP contribution in [0.25, 0.3) is 0 Å². The lowest BCUT2D eigenvalue weighted by Gasteiger charge is -2.38. The lowest BCUT2D eigenvalue weighted by molar-refractivity contribution is -0.133. The number of hydrogen-bond acceptors (Lipinski definition) is 4. The van der Waals surface area contributed by atoms with Crippen molar-refractivity contribution in [1.29, 1.82) is 0 Å². The van der Waals surface area contributed by atoms with Crippen molar-refractivity contribution >= 4 is 5.91 Å². The van der Waals surface area contributed by atoms with Crippen LogP contribution in [-0.4, -0.2) is 65.6 Å². The van der Waals surface area contributed by atoms with Crippen LogP contribution < -0.4 is 0 Å². The molecule has 154 valence electrons. The summed E-state index contributed by atoms with van der Waals surface area (Å²) in [4.78, 5) is 22.2. The van der Waals surface area contributed by atoms with Crippen molar-refractivity contribution in [2.45, 2.75) is 69.9 Å². The fourth-order valence-corrected chi connectivity index (χ4v) is 5.16. The number of amides is 1. The normalized spacial score (nSPS) is 24.6. The number of likely N-dealkylation sites (tertiary alicyclic amines) is 1. The molecule has 1 aromatic rings. The first-order valence-electron chi connectivity index (χ1n) is 11.3. The molecule has 0 spiro atoms. The molecule has 5 nitrogen and oxygen atoms in total. The smallest absolute Gasteiger partial charge is 0.228 e. The van der Waals surface area contributed by atoms with Gasteiger partial charge in [0.05, 0.1) is 12.5 Å². The molecule has 28 heavy (non-hydrogen) atoms. The number of carbonyl (C=O) groups is 1. The van der Waals surface area contributed by atoms with Gasteiger partial charge < -0.3 is 14.5 Å². The Labute approximate surface area is 169 Å². The van der Waals surface area contributed by atoms with E-state index >= 15 is 0 Å². The van der Waals surface area contributed by atoms with E-state index in [2.05, 4.69) is 14.8 Å². The molecule has 3 heterocycles. The molecule has 1 aliphatic carbocycles. The van der Waals surface area contributed by atoms with E-state index < -0.39 is 0 Å². The highest BCUT2D eigenvalue weighted by Crippen LogP contribution is 2.28. The standard InChI is InChI=1S/C23H35N3O2/c27-23(16-20-6-3-4-12-24-20)26(18-22-9-5-15-28-22)17-19-10-13-25(14-11-19)21-7-1-2-8-21/h3-4,6,12,19,21-22H,1-2,5,7-11,13-18H2/t22-/m0/s1. The fourth-order valence-electron chi connectivity index (χ4n) is 5.16. The summed E-state index contributed by atoms with van der Waals surface area (Å²) in [7, 11) is 0. The number of piperidine rings is 1. The SMILES string of the molecule is O=C(Cc1ccccn1)N(CC1CCN(C2CCCC2)CC1)C[C@@H]1CCCO1. The Bertz CT molecular complexity index is 604. The second-order valence-electron chi connectivity index (χ2n) is 8.85. The van der Waals surface area contributed by atoms with Crippen LogP contribution in [0.2, 0.25) is 0 Å². The molecular formula is C23H35N3O2. The Kier molecular flexibility index (Phi) is 6.97. The minimum absolute atomic E-state index is 0.201. The van der Waals surface area contributed by atoms with Gasteiger partial charge in [0, 0.05) is 37.6 Å². The van der Waals surface area contributed by atoms with Crippen LogP contribution in [0.3, 0.4) is 0 Å². The molecular weight excluding hydrogens is 350 g/mol. The van der Waals surface area contributed by atoms with Crippen LogP contribution in [0.1, 0.15) is 57.1 Å². The molecule has 2 aliphatic heterocycles. The van der Waals surface area contributed by atoms with Gasteiger partial charge in [0.25, 0.3) is 0 Å². The summed E-state index contributed by atoms with van der Waals surface area (Å²) < 4.78 is 5.84. The Morgan fingerprint density at radius 3 is 2.57 bits per heavy atom. The Morgan fingerprint density at radius 2 is 1.89 bits per heavy atom. The number of pyridine rings is 1. The molecule has 1 aromatic heterocycles. The van der Waals surface area contributed by atoms with Crippen molar-refractivity contribution in [3.8, 4) is 0 Å². The molecule has 0 aromatic carbocycles. The van der Waals surface area contributed by atoms with Crippen LogP contribution in [0.4, 0.5) is 0 Å². The monoisotopic (exact) mass is 385 g/mol. The van der Waals surface area contributed by atoms with Crippen molar-refractivity contribution < 1.29 is 9.53 Å². The van der Waals surface area contributed by atoms with Gasteiger partial charge in [0.2, 0.25) is 5.91 Å². The molecule has 5 heteroatoms. The third kappa shape index (κ3) is 5.32. The lowest BCUT2D eigenvalue weighted by Crippen LogP contribution is -2.45. The number of carbonyl (C=O) groups excluding carboxylic acids is 1. The number of hydrogen-bond donors (Lipinski definition) is 0. The van der Waals surface area contributed by atoms with Gasteiger partial charge in [-0.1, -0.05) is 18.9 Å². The van der Waals surface area contributed by atoms with E-state index in [0.29, 0.717) is 12.3 Å². The minimum atomic E-state index is 0.201. The molecule has 4 rings (SSSR count). The number of ether oxygens (including phenoxy) is 1. The Balaban J connectivity index is 1.32. The molecule has 1 atom stereocenters. The Morgan fingerprint density at radius 1 is 1.07 bits per heavy atom. The molecule has 1 saturated carbocycles. The van der Waals surface area contributed by atoms with Gasteiger partial charge in [-0.15, -0.1) is 0 Å². The van der Waals surface area contributed by atoms with Gasteiger partial charge in [-0.25, -0.2) is 0 Å². The molecule has 0 radical (unpaired) electrons. The molecule has 0 unspecified atom stereocenters. The summed E-state index contributed by atoms with van der Waals surface area (Å²) in [6, 6.07) is 6.63. The van der Waals surface area contributed by atoms with Crippen molar-refractivity contribution in [2.75, 3.05) is 32.8 Å². The summed E-state index contributed by atoms with van der Waals surface area (Å²) >= 11 is 0. The highest BCUT2D eigenvalue weighted by atomic mass is 16.5. The fraction of sp³-hybridized carbons (Fsp3) is 0.739. The van der Waals surface area contributed by atoms with Crippen LogP contribution in [0, 0.1) is 5.92 Å². The predicted molar refractivity (Wildman–Crippen MR) is 110 cm³/mol. The second kappa shape index (κ2) is 9.84. The van der Waals surface area contributed by atoms with Crippen LogP contribution >= 0.6 is 0 Å². The van der Waals surface area contributed by atoms with Gasteiger partial charge in [-0.2, -0.15) is 0 Å². The summed E-state index contributed by atoms with van der Waals surface area (Å²) in [6.07, 6.45) is 12.6. The summed E-state index contributed by atoms with van der Waals surface area (Å²) in [5.74, 6) is 0.819. The van der Waals surface area contributed by atoms with Gasteiger partial charge in [-0.05, 0) is 69.7 Å². The zero-order chi connectivity index (χ0) is 19.2. The van der Waals surface area contributed by atoms with Gasteiger partial charge in [-0.3, -0.25) is 9.78 Å². The van der Waals surface area contributed by atoms with E-state index in [1.165, 1.54) is 51.6 Å². The maximum absolute atomic E-state index is 13.1. The van der Waals surface area contributed by atoms with Crippen molar-refractivity contribution in [2.24, 2.45) is 5.92 Å². The third-order valence-corrected chi connectivity index (χ3v) is 6.83. The summed E-state index contributed by atoms with van der Waals surface area (Å²) in [5.41, 5.74) is 0.862. The maximum atomic E-state index is 13.1. The van der Waals surface area contributed by atoms with Crippen molar-refractivity contribution in [1.82, 2.24) is 14.8 Å². The molecule has 0 N–H and O–H groups in total. The first-order valence-corrected chi connectivity index (χ1v) is 11.3. The average molecular weight is 386 g/mol. The predicted octanol–water partition coefficient (Wildman–Crippen LogP) is 3.29. The largest absolute Gasteiger partial charge is 0.376 e. The van der Waals surface area contributed by atoms with E-state index in [1.54, 1.807) is 6.20 Å². The van der Waals surface area contributed by atoms with Crippen molar-refractivity contribution in [3.63, 3.8) is 0 Å². The highest BCUT2D eigenvalue weighted by Gasteiger charge is 2.30. The molecule has 3 aliphatic rings. The van der Waals surface area contributed by atoms with E-state index in [1.807, 2.05) is 18.2 Å². The van der Waals surface area contributed by atoms with Gasteiger partial charge in [0.1, 0.15) is 0 Å². The van der Waals surface area contributed by atoms with Crippen molar-refractivity contribution in [3.05, 3.63) is 30.1 Å². The third-order valence-electron chi connectivity index (χ3n) is 6.83. The summed E-state index contributed by atoms with van der Waals surface area (Å²) in [6.45, 7) is 4.88. The zero-order valence-corrected chi connectivity index (χ0v) is 17.1. The minimum Gasteiger partial charge on any atom is -0.376 e. The average Bonchev–Trinajstić information content (AvgIpc) is 3.43. The first-order chi connectivity index (χ1) is 13.8. The lowest BCUT2D eigenvalue weighted by atomic mass is 9.94. The van der Waals surface area contributed by atoms with E-state index in [-0.39, 0.29) is 12.0 Å². The molecule has 0 bridgehead atoms. The first kappa shape index (κ1) is 19.8. The molecule has 3 fully saturated rings. The van der Waals surface area contributed by atoms with E-state index in [4.69, 9.17) is 4.74 Å². The number of rotatable bonds is 7. The molecule has 1 amide bonds. The van der Waals surface area contributed by atoms with E-state index in [0.717, 1.165) is 44.3 Å². The van der Waals surface area contributed by atoms with Crippen LogP contribution in [-0.2, 0) is 16.0 Å². The number of aromatic nitrogens is 1. The maximum Gasteiger partial charge on any atom is 0.228 e. The van der Waals surface area contributed by atoms with Crippen LogP contribution in [0.5, 0.6) is 0 Å². The topological polar surface area (TPSA) is 45.7 Å². The molecule has 2 saturated heterocycles. The van der Waals surface area contributed by atoms with E-state index in [9.17, 15) is 4.79 Å². The van der Waals surface area contributed by atoms with Gasteiger partial charge >= 0.3 is 0 Å². The second-order valence-corrected chi connectivity index (χ2v) is 8.85. The number of nitrogens with zero attached hydrogens (tertiary/aromatic N) is 3. The Hall–Kier alpha value is -1.46. The van der Waals surface area contributed by atoms with Crippen LogP contribution in [0.15, 0.2) is 24.4 Å². The zero-order valence-electron chi connectivity index (χ0n) is 17.1. The summed E-state index contributed by atoms with van der Waals surface area (Å²) in [5, 5.41) is 0. The highest BCUT2D eigenvalue weighted by molar-refractivity contribution is 5.78. The van der Waals surface area contributed by atoms with Gasteiger partial charge in [0.15, 0.2) is 0 Å².